The highest BCUT2D eigenvalue weighted by molar-refractivity contribution is 14.1. The summed E-state index contributed by atoms with van der Waals surface area (Å²) in [6.45, 7) is 5.79. The maximum absolute atomic E-state index is 10.5. The lowest BCUT2D eigenvalue weighted by atomic mass is 10.2. The maximum atomic E-state index is 10.5. The van der Waals surface area contributed by atoms with Gasteiger partial charge in [-0.1, -0.05) is 22.6 Å². The third-order valence-electron chi connectivity index (χ3n) is 1.91. The molecule has 3 nitrogen and oxygen atoms in total. The van der Waals surface area contributed by atoms with Crippen molar-refractivity contribution in [3.63, 3.8) is 0 Å². The number of carbonyl (C=O) groups is 1. The molecule has 0 radical (unpaired) electrons. The predicted molar refractivity (Wildman–Crippen MR) is 55.5 cm³/mol. The van der Waals surface area contributed by atoms with Crippen molar-refractivity contribution >= 4 is 28.9 Å². The van der Waals surface area contributed by atoms with E-state index in [1.54, 1.807) is 0 Å². The molecule has 3 atom stereocenters. The normalized spacial score (nSPS) is 34.6. The fourth-order valence-electron chi connectivity index (χ4n) is 1.51. The van der Waals surface area contributed by atoms with E-state index in [0.717, 1.165) is 19.4 Å². The van der Waals surface area contributed by atoms with Gasteiger partial charge in [-0.05, 0) is 13.8 Å². The topological polar surface area (TPSA) is 29.5 Å². The predicted octanol–water partition coefficient (Wildman–Crippen LogP) is 1.06. The number of ether oxygens (including phenoxy) is 1. The minimum absolute atomic E-state index is 0.00333. The number of carbonyl (C=O) groups excluding carboxylic acids is 1. The molecule has 0 aromatic carbocycles. The van der Waals surface area contributed by atoms with Gasteiger partial charge in [0.15, 0.2) is 0 Å². The van der Waals surface area contributed by atoms with Crippen LogP contribution in [-0.2, 0) is 9.53 Å². The van der Waals surface area contributed by atoms with Crippen molar-refractivity contribution in [1.29, 1.82) is 0 Å². The van der Waals surface area contributed by atoms with E-state index in [0.29, 0.717) is 0 Å². The average molecular weight is 283 g/mol. The smallest absolute Gasteiger partial charge is 0.147 e. The Morgan fingerprint density at radius 3 is 2.42 bits per heavy atom. The molecule has 0 spiro atoms. The Labute approximate surface area is 86.6 Å². The van der Waals surface area contributed by atoms with Crippen LogP contribution < -0.4 is 0 Å². The second kappa shape index (κ2) is 4.53. The van der Waals surface area contributed by atoms with Crippen molar-refractivity contribution in [2.75, 3.05) is 13.1 Å². The summed E-state index contributed by atoms with van der Waals surface area (Å²) >= 11 is 2.15. The number of aldehydes is 1. The number of rotatable bonds is 2. The van der Waals surface area contributed by atoms with E-state index in [2.05, 4.69) is 27.5 Å². The van der Waals surface area contributed by atoms with Crippen molar-refractivity contribution in [3.8, 4) is 0 Å². The summed E-state index contributed by atoms with van der Waals surface area (Å²) in [5.74, 6) is 0. The van der Waals surface area contributed by atoms with Crippen molar-refractivity contribution in [2.24, 2.45) is 0 Å². The largest absolute Gasteiger partial charge is 0.373 e. The van der Waals surface area contributed by atoms with Crippen molar-refractivity contribution < 1.29 is 9.53 Å². The van der Waals surface area contributed by atoms with Crippen LogP contribution in [0.4, 0.5) is 0 Å². The Hall–Kier alpha value is 0.320. The number of hydrogen-bond acceptors (Lipinski definition) is 3. The van der Waals surface area contributed by atoms with Crippen LogP contribution in [0.15, 0.2) is 0 Å². The molecule has 1 saturated heterocycles. The minimum Gasteiger partial charge on any atom is -0.373 e. The van der Waals surface area contributed by atoms with E-state index < -0.39 is 0 Å². The van der Waals surface area contributed by atoms with E-state index in [1.807, 2.05) is 13.8 Å². The summed E-state index contributed by atoms with van der Waals surface area (Å²) < 4.78 is 5.55. The third-order valence-corrected chi connectivity index (χ3v) is 2.99. The summed E-state index contributed by atoms with van der Waals surface area (Å²) in [5.41, 5.74) is 0. The first kappa shape index (κ1) is 10.4. The van der Waals surface area contributed by atoms with Crippen molar-refractivity contribution in [1.82, 2.24) is 4.90 Å². The molecule has 0 N–H and O–H groups in total. The van der Waals surface area contributed by atoms with Gasteiger partial charge >= 0.3 is 0 Å². The Morgan fingerprint density at radius 1 is 1.50 bits per heavy atom. The molecule has 0 saturated carbocycles. The van der Waals surface area contributed by atoms with Crippen LogP contribution in [0, 0.1) is 0 Å². The molecule has 1 aliphatic rings. The number of nitrogens with zero attached hydrogens (tertiary/aromatic N) is 1. The maximum Gasteiger partial charge on any atom is 0.147 e. The van der Waals surface area contributed by atoms with Gasteiger partial charge in [-0.3, -0.25) is 4.90 Å². The highest BCUT2D eigenvalue weighted by Gasteiger charge is 2.25. The average Bonchev–Trinajstić information content (AvgIpc) is 2.01. The molecule has 1 unspecified atom stereocenters. The molecule has 0 aromatic heterocycles. The zero-order valence-electron chi connectivity index (χ0n) is 7.37. The molecule has 4 heteroatoms. The second-order valence-electron chi connectivity index (χ2n) is 3.22. The lowest BCUT2D eigenvalue weighted by molar-refractivity contribution is -0.113. The van der Waals surface area contributed by atoms with Crippen LogP contribution in [-0.4, -0.2) is 40.5 Å². The molecule has 70 valence electrons. The summed E-state index contributed by atoms with van der Waals surface area (Å²) in [5, 5.41) is 0. The quantitative estimate of drug-likeness (QED) is 0.328. The van der Waals surface area contributed by atoms with Crippen LogP contribution >= 0.6 is 22.6 Å². The number of halogens is 1. The molecular formula is C8H14INO2. The molecule has 1 heterocycles. The van der Waals surface area contributed by atoms with Crippen molar-refractivity contribution in [2.45, 2.75) is 30.1 Å². The molecule has 0 aromatic rings. The molecule has 1 rings (SSSR count). The lowest BCUT2D eigenvalue weighted by Gasteiger charge is -2.36. The van der Waals surface area contributed by atoms with Gasteiger partial charge in [0, 0.05) is 13.1 Å². The number of hydrogen-bond donors (Lipinski definition) is 0. The SMILES string of the molecule is C[C@@H]1CN(C(I)C=O)C[C@@H](C)O1. The Kier molecular flexibility index (Phi) is 3.92. The Morgan fingerprint density at radius 2 is 2.00 bits per heavy atom. The van der Waals surface area contributed by atoms with Crippen molar-refractivity contribution in [3.05, 3.63) is 0 Å². The molecule has 0 amide bonds. The fraction of sp³-hybridized carbons (Fsp3) is 0.875. The van der Waals surface area contributed by atoms with Gasteiger partial charge < -0.3 is 9.53 Å². The summed E-state index contributed by atoms with van der Waals surface area (Å²) in [6, 6.07) is 0. The van der Waals surface area contributed by atoms with Crippen LogP contribution in [0.5, 0.6) is 0 Å². The third kappa shape index (κ3) is 2.67. The standard InChI is InChI=1S/C8H14INO2/c1-6-3-10(8(9)5-11)4-7(2)12-6/h5-8H,3-4H2,1-2H3/t6-,7-,8?/m1/s1. The van der Waals surface area contributed by atoms with Gasteiger partial charge in [-0.15, -0.1) is 0 Å². The molecule has 1 aliphatic heterocycles. The second-order valence-corrected chi connectivity index (χ2v) is 4.50. The molecule has 1 fully saturated rings. The zero-order valence-corrected chi connectivity index (χ0v) is 9.52. The fourth-order valence-corrected chi connectivity index (χ4v) is 1.96. The summed E-state index contributed by atoms with van der Waals surface area (Å²) in [7, 11) is 0. The summed E-state index contributed by atoms with van der Waals surface area (Å²) in [6.07, 6.45) is 1.46. The van der Waals surface area contributed by atoms with E-state index in [-0.39, 0.29) is 16.3 Å². The van der Waals surface area contributed by atoms with Gasteiger partial charge in [-0.25, -0.2) is 0 Å². The first-order valence-electron chi connectivity index (χ1n) is 4.12. The highest BCUT2D eigenvalue weighted by Crippen LogP contribution is 2.15. The lowest BCUT2D eigenvalue weighted by Crippen LogP contribution is -2.48. The van der Waals surface area contributed by atoms with Gasteiger partial charge in [0.05, 0.1) is 12.2 Å². The van der Waals surface area contributed by atoms with E-state index in [1.165, 1.54) is 0 Å². The Balaban J connectivity index is 2.48. The number of alkyl halides is 1. The first-order valence-corrected chi connectivity index (χ1v) is 5.37. The monoisotopic (exact) mass is 283 g/mol. The van der Waals surface area contributed by atoms with E-state index >= 15 is 0 Å². The van der Waals surface area contributed by atoms with E-state index in [9.17, 15) is 4.79 Å². The first-order chi connectivity index (χ1) is 5.63. The van der Waals surface area contributed by atoms with Gasteiger partial charge in [0.1, 0.15) is 10.3 Å². The molecular weight excluding hydrogens is 269 g/mol. The Bertz CT molecular complexity index is 155. The van der Waals surface area contributed by atoms with Gasteiger partial charge in [-0.2, -0.15) is 0 Å². The molecule has 0 aliphatic carbocycles. The van der Waals surface area contributed by atoms with Crippen LogP contribution in [0.1, 0.15) is 13.8 Å². The van der Waals surface area contributed by atoms with Crippen LogP contribution in [0.3, 0.4) is 0 Å². The van der Waals surface area contributed by atoms with Crippen LogP contribution in [0.2, 0.25) is 0 Å². The van der Waals surface area contributed by atoms with Crippen LogP contribution in [0.25, 0.3) is 0 Å². The summed E-state index contributed by atoms with van der Waals surface area (Å²) in [4.78, 5) is 12.7. The molecule has 12 heavy (non-hydrogen) atoms. The number of morpholine rings is 1. The van der Waals surface area contributed by atoms with E-state index in [4.69, 9.17) is 4.74 Å². The zero-order chi connectivity index (χ0) is 9.14. The minimum atomic E-state index is -0.00333. The highest BCUT2D eigenvalue weighted by atomic mass is 127. The van der Waals surface area contributed by atoms with Gasteiger partial charge in [0.2, 0.25) is 0 Å². The molecule has 0 bridgehead atoms. The van der Waals surface area contributed by atoms with Gasteiger partial charge in [0.25, 0.3) is 0 Å².